The number of para-hydroxylation sites is 1. The minimum Gasteiger partial charge on any atom is -0.457 e. The van der Waals surface area contributed by atoms with Crippen LogP contribution in [0.15, 0.2) is 72.8 Å². The van der Waals surface area contributed by atoms with E-state index in [-0.39, 0.29) is 11.2 Å². The fourth-order valence-corrected chi connectivity index (χ4v) is 4.51. The zero-order chi connectivity index (χ0) is 21.1. The van der Waals surface area contributed by atoms with Crippen molar-refractivity contribution >= 4 is 21.6 Å². The first-order valence-corrected chi connectivity index (χ1v) is 11.2. The summed E-state index contributed by atoms with van der Waals surface area (Å²) in [5.41, 5.74) is 2.30. The second-order valence-corrected chi connectivity index (χ2v) is 9.09. The molecule has 6 nitrogen and oxygen atoms in total. The summed E-state index contributed by atoms with van der Waals surface area (Å²) in [7, 11) is -1.85. The maximum Gasteiger partial charge on any atom is 0.251 e. The van der Waals surface area contributed by atoms with Crippen LogP contribution < -0.4 is 14.8 Å². The molecule has 30 heavy (non-hydrogen) atoms. The lowest BCUT2D eigenvalue weighted by Gasteiger charge is -2.13. The number of carbonyl (C=O) groups excluding carboxylic acids is 1. The molecule has 1 fully saturated rings. The summed E-state index contributed by atoms with van der Waals surface area (Å²) < 4.78 is 32.9. The van der Waals surface area contributed by atoms with Crippen LogP contribution in [-0.2, 0) is 10.0 Å². The minimum absolute atomic E-state index is 0.290. The number of sulfonamides is 1. The summed E-state index contributed by atoms with van der Waals surface area (Å²) in [5, 5.41) is 2.28. The summed E-state index contributed by atoms with van der Waals surface area (Å²) in [6.07, 6.45) is 1.35. The predicted octanol–water partition coefficient (Wildman–Crippen LogP) is 4.41. The Balaban J connectivity index is 1.61. The van der Waals surface area contributed by atoms with Gasteiger partial charge in [0.2, 0.25) is 10.0 Å². The zero-order valence-corrected chi connectivity index (χ0v) is 17.3. The monoisotopic (exact) mass is 422 g/mol. The van der Waals surface area contributed by atoms with Gasteiger partial charge in [-0.3, -0.25) is 9.52 Å². The number of amides is 1. The molecule has 0 unspecified atom stereocenters. The van der Waals surface area contributed by atoms with Crippen molar-refractivity contribution in [2.24, 2.45) is 0 Å². The first kappa shape index (κ1) is 20.0. The van der Waals surface area contributed by atoms with Gasteiger partial charge in [0.15, 0.2) is 0 Å². The Morgan fingerprint density at radius 1 is 0.933 bits per heavy atom. The zero-order valence-electron chi connectivity index (χ0n) is 16.5. The van der Waals surface area contributed by atoms with Crippen LogP contribution in [0.1, 0.15) is 23.2 Å². The van der Waals surface area contributed by atoms with E-state index in [1.54, 1.807) is 25.2 Å². The van der Waals surface area contributed by atoms with Gasteiger partial charge in [0.05, 0.1) is 5.25 Å². The van der Waals surface area contributed by atoms with Gasteiger partial charge in [-0.1, -0.05) is 36.4 Å². The second kappa shape index (κ2) is 8.20. The molecule has 2 N–H and O–H groups in total. The Bertz CT molecular complexity index is 1160. The molecule has 0 atom stereocenters. The Labute approximate surface area is 176 Å². The van der Waals surface area contributed by atoms with Crippen molar-refractivity contribution in [2.75, 3.05) is 11.8 Å². The molecular weight excluding hydrogens is 400 g/mol. The smallest absolute Gasteiger partial charge is 0.251 e. The molecule has 0 heterocycles. The van der Waals surface area contributed by atoms with Gasteiger partial charge in [-0.05, 0) is 60.4 Å². The van der Waals surface area contributed by atoms with E-state index in [4.69, 9.17) is 4.74 Å². The number of nitrogens with one attached hydrogen (secondary N) is 2. The maximum atomic E-state index is 12.5. The van der Waals surface area contributed by atoms with Crippen molar-refractivity contribution < 1.29 is 17.9 Å². The number of rotatable bonds is 7. The summed E-state index contributed by atoms with van der Waals surface area (Å²) >= 11 is 0. The van der Waals surface area contributed by atoms with Crippen molar-refractivity contribution in [3.63, 3.8) is 0 Å². The standard InChI is InChI=1S/C23H22N2O4S/c1-24-23(26)22-15-17(25-30(27,28)20-12-13-20)9-14-21(22)16-7-10-19(11-8-16)29-18-5-3-2-4-6-18/h2-11,14-15,20,25H,12-13H2,1H3,(H,24,26). The van der Waals surface area contributed by atoms with E-state index in [0.29, 0.717) is 35.4 Å². The highest BCUT2D eigenvalue weighted by atomic mass is 32.2. The largest absolute Gasteiger partial charge is 0.457 e. The molecule has 7 heteroatoms. The van der Waals surface area contributed by atoms with Crippen molar-refractivity contribution in [1.82, 2.24) is 5.32 Å². The summed E-state index contributed by atoms with van der Waals surface area (Å²) in [4.78, 5) is 12.5. The lowest BCUT2D eigenvalue weighted by atomic mass is 9.98. The first-order valence-electron chi connectivity index (χ1n) is 9.67. The molecule has 3 aromatic carbocycles. The summed E-state index contributed by atoms with van der Waals surface area (Å²) in [6, 6.07) is 21.9. The average Bonchev–Trinajstić information content (AvgIpc) is 3.61. The van der Waals surface area contributed by atoms with Gasteiger partial charge >= 0.3 is 0 Å². The first-order chi connectivity index (χ1) is 14.5. The lowest BCUT2D eigenvalue weighted by molar-refractivity contribution is 0.0963. The van der Waals surface area contributed by atoms with E-state index in [1.807, 2.05) is 54.6 Å². The molecule has 0 bridgehead atoms. The van der Waals surface area contributed by atoms with Gasteiger partial charge in [-0.2, -0.15) is 0 Å². The fraction of sp³-hybridized carbons (Fsp3) is 0.174. The third kappa shape index (κ3) is 4.46. The summed E-state index contributed by atoms with van der Waals surface area (Å²) in [6.45, 7) is 0. The van der Waals surface area contributed by atoms with Crippen molar-refractivity contribution in [3.05, 3.63) is 78.4 Å². The molecular formula is C23H22N2O4S. The van der Waals surface area contributed by atoms with E-state index >= 15 is 0 Å². The van der Waals surface area contributed by atoms with Crippen LogP contribution in [-0.4, -0.2) is 26.6 Å². The summed E-state index contributed by atoms with van der Waals surface area (Å²) in [5.74, 6) is 1.13. The van der Waals surface area contributed by atoms with Crippen molar-refractivity contribution in [3.8, 4) is 22.6 Å². The van der Waals surface area contributed by atoms with E-state index in [2.05, 4.69) is 10.0 Å². The molecule has 0 aliphatic heterocycles. The number of ether oxygens (including phenoxy) is 1. The Morgan fingerprint density at radius 2 is 1.60 bits per heavy atom. The predicted molar refractivity (Wildman–Crippen MR) is 117 cm³/mol. The van der Waals surface area contributed by atoms with Gasteiger partial charge in [0.1, 0.15) is 11.5 Å². The number of hydrogen-bond donors (Lipinski definition) is 2. The molecule has 0 saturated heterocycles. The second-order valence-electron chi connectivity index (χ2n) is 7.13. The van der Waals surface area contributed by atoms with Crippen molar-refractivity contribution in [1.29, 1.82) is 0 Å². The number of carbonyl (C=O) groups is 1. The van der Waals surface area contributed by atoms with E-state index in [1.165, 1.54) is 0 Å². The fourth-order valence-electron chi connectivity index (χ4n) is 3.14. The topological polar surface area (TPSA) is 84.5 Å². The van der Waals surface area contributed by atoms with E-state index < -0.39 is 10.0 Å². The highest BCUT2D eigenvalue weighted by Gasteiger charge is 2.35. The van der Waals surface area contributed by atoms with Crippen LogP contribution in [0.25, 0.3) is 11.1 Å². The molecule has 1 aliphatic carbocycles. The van der Waals surface area contributed by atoms with Crippen LogP contribution in [0, 0.1) is 0 Å². The molecule has 1 amide bonds. The third-order valence-electron chi connectivity index (χ3n) is 4.86. The van der Waals surface area contributed by atoms with Gasteiger partial charge in [0, 0.05) is 18.3 Å². The molecule has 154 valence electrons. The van der Waals surface area contributed by atoms with Gasteiger partial charge < -0.3 is 10.1 Å². The number of benzene rings is 3. The SMILES string of the molecule is CNC(=O)c1cc(NS(=O)(=O)C2CC2)ccc1-c1ccc(Oc2ccccc2)cc1. The van der Waals surface area contributed by atoms with Crippen LogP contribution in [0.4, 0.5) is 5.69 Å². The van der Waals surface area contributed by atoms with Gasteiger partial charge in [-0.15, -0.1) is 0 Å². The molecule has 1 saturated carbocycles. The molecule has 1 aliphatic rings. The van der Waals surface area contributed by atoms with Crippen LogP contribution in [0.2, 0.25) is 0 Å². The molecule has 3 aromatic rings. The molecule has 0 radical (unpaired) electrons. The molecule has 0 spiro atoms. The Morgan fingerprint density at radius 3 is 2.23 bits per heavy atom. The Hall–Kier alpha value is -3.32. The van der Waals surface area contributed by atoms with E-state index in [0.717, 1.165) is 11.3 Å². The third-order valence-corrected chi connectivity index (χ3v) is 6.73. The van der Waals surface area contributed by atoms with Crippen molar-refractivity contribution in [2.45, 2.75) is 18.1 Å². The highest BCUT2D eigenvalue weighted by Crippen LogP contribution is 2.32. The number of anilines is 1. The highest BCUT2D eigenvalue weighted by molar-refractivity contribution is 7.93. The van der Waals surface area contributed by atoms with E-state index in [9.17, 15) is 13.2 Å². The normalized spacial score (nSPS) is 13.5. The van der Waals surface area contributed by atoms with Crippen LogP contribution in [0.5, 0.6) is 11.5 Å². The quantitative estimate of drug-likeness (QED) is 0.591. The number of hydrogen-bond acceptors (Lipinski definition) is 4. The Kier molecular flexibility index (Phi) is 5.46. The molecule has 4 rings (SSSR count). The van der Waals surface area contributed by atoms with Crippen LogP contribution >= 0.6 is 0 Å². The lowest BCUT2D eigenvalue weighted by Crippen LogP contribution is -2.20. The molecule has 0 aromatic heterocycles. The van der Waals surface area contributed by atoms with Gasteiger partial charge in [0.25, 0.3) is 5.91 Å². The maximum absolute atomic E-state index is 12.5. The van der Waals surface area contributed by atoms with Gasteiger partial charge in [-0.25, -0.2) is 8.42 Å². The average molecular weight is 423 g/mol. The van der Waals surface area contributed by atoms with Crippen LogP contribution in [0.3, 0.4) is 0 Å². The minimum atomic E-state index is -3.40.